The lowest BCUT2D eigenvalue weighted by Gasteiger charge is -2.20. The predicted molar refractivity (Wildman–Crippen MR) is 245 cm³/mol. The van der Waals surface area contributed by atoms with Crippen LogP contribution in [0.2, 0.25) is 0 Å². The van der Waals surface area contributed by atoms with Gasteiger partial charge in [0.1, 0.15) is 12.7 Å². The van der Waals surface area contributed by atoms with Gasteiger partial charge < -0.3 is 34.4 Å². The summed E-state index contributed by atoms with van der Waals surface area (Å²) in [5, 5.41) is 19.3. The number of phosphoric ester groups is 2. The van der Waals surface area contributed by atoms with E-state index in [1.54, 1.807) is 0 Å². The first kappa shape index (κ1) is 59.3. The van der Waals surface area contributed by atoms with Gasteiger partial charge in [-0.05, 0) is 89.9 Å². The lowest BCUT2D eigenvalue weighted by atomic mass is 10.1. The van der Waals surface area contributed by atoms with Crippen molar-refractivity contribution < 1.29 is 66.7 Å². The van der Waals surface area contributed by atoms with Crippen molar-refractivity contribution in [2.45, 2.75) is 167 Å². The van der Waals surface area contributed by atoms with E-state index in [0.29, 0.717) is 25.7 Å². The molecule has 1 unspecified atom stereocenters. The van der Waals surface area contributed by atoms with Crippen LogP contribution in [0.15, 0.2) is 85.1 Å². The molecule has 0 aromatic rings. The number of esters is 2. The van der Waals surface area contributed by atoms with E-state index in [0.717, 1.165) is 57.8 Å². The maximum Gasteiger partial charge on any atom is 0.472 e. The molecule has 0 aliphatic rings. The van der Waals surface area contributed by atoms with Crippen molar-refractivity contribution in [1.82, 2.24) is 0 Å². The first-order chi connectivity index (χ1) is 29.8. The van der Waals surface area contributed by atoms with E-state index in [4.69, 9.17) is 23.8 Å². The Balaban J connectivity index is 4.70. The fourth-order valence-electron chi connectivity index (χ4n) is 5.34. The third-order valence-corrected chi connectivity index (χ3v) is 10.3. The fourth-order valence-corrected chi connectivity index (χ4v) is 6.49. The van der Waals surface area contributed by atoms with Crippen LogP contribution < -0.4 is 0 Å². The van der Waals surface area contributed by atoms with Crippen LogP contribution in [0.4, 0.5) is 0 Å². The second-order valence-corrected chi connectivity index (χ2v) is 17.4. The lowest BCUT2D eigenvalue weighted by Crippen LogP contribution is -2.29. The quantitative estimate of drug-likeness (QED) is 0.0167. The van der Waals surface area contributed by atoms with Gasteiger partial charge in [-0.15, -0.1) is 0 Å². The van der Waals surface area contributed by atoms with Crippen molar-refractivity contribution in [1.29, 1.82) is 0 Å². The molecule has 62 heavy (non-hydrogen) atoms. The van der Waals surface area contributed by atoms with Gasteiger partial charge in [0.15, 0.2) is 6.10 Å². The fraction of sp³-hybridized carbons (Fsp3) is 0.652. The number of phosphoric acid groups is 2. The Morgan fingerprint density at radius 3 is 1.45 bits per heavy atom. The van der Waals surface area contributed by atoms with Crippen LogP contribution in [-0.4, -0.2) is 81.6 Å². The van der Waals surface area contributed by atoms with Gasteiger partial charge in [-0.2, -0.15) is 0 Å². The molecule has 0 rings (SSSR count). The number of aliphatic hydroxyl groups excluding tert-OH is 2. The molecule has 0 aromatic carbocycles. The molecule has 0 fully saturated rings. The summed E-state index contributed by atoms with van der Waals surface area (Å²) in [6.45, 7) is 1.33. The first-order valence-electron chi connectivity index (χ1n) is 22.4. The standard InChI is InChI=1S/C46H78O14P2/c1-3-5-6-7-8-9-10-11-12-13-14-19-22-25-28-31-34-37-46(50)60-44(41-59-62(54,55)58-39-43(48)38-57-61(51,52)53)40-56-45(49)36-33-30-27-24-21-18-16-15-17-20-23-26-29-32-35-42(47)4-2/h11-12,14,16-20,24-29,42-44,47-48H,3-10,13,15,21-23,30-41H2,1-2H3,(H,54,55)(H2,51,52,53)/b12-11-,18-16-,19-14-,20-17-,27-24-,28-25-,29-26-/t42-,43-,44+/m0/s1. The topological polar surface area (TPSA) is 216 Å². The third kappa shape index (κ3) is 43.9. The highest BCUT2D eigenvalue weighted by Gasteiger charge is 2.28. The Bertz CT molecular complexity index is 1430. The van der Waals surface area contributed by atoms with Crippen LogP contribution in [0, 0.1) is 0 Å². The SMILES string of the molecule is CCCCCCCC/C=C\C/C=C\C/C=C\CCCC(=O)O[C@H](COC(=O)CCC/C=C\C/C=C\C/C=C\C/C=C\CC[C@@H](O)CC)COP(=O)(O)OC[C@@H](O)COP(=O)(O)O. The van der Waals surface area contributed by atoms with Crippen LogP contribution in [-0.2, 0) is 41.8 Å². The highest BCUT2D eigenvalue weighted by molar-refractivity contribution is 7.47. The number of hydrogen-bond acceptors (Lipinski definition) is 11. The molecule has 0 spiro atoms. The van der Waals surface area contributed by atoms with E-state index in [-0.39, 0.29) is 18.9 Å². The van der Waals surface area contributed by atoms with E-state index in [2.05, 4.69) is 76.7 Å². The molecule has 14 nitrogen and oxygen atoms in total. The average molecular weight is 917 g/mol. The zero-order chi connectivity index (χ0) is 46.0. The number of allylic oxidation sites excluding steroid dienone is 14. The summed E-state index contributed by atoms with van der Waals surface area (Å²) in [7, 11) is -9.73. The Labute approximate surface area is 371 Å². The van der Waals surface area contributed by atoms with Crippen molar-refractivity contribution in [2.24, 2.45) is 0 Å². The van der Waals surface area contributed by atoms with E-state index in [1.807, 2.05) is 31.2 Å². The Morgan fingerprint density at radius 2 is 0.935 bits per heavy atom. The van der Waals surface area contributed by atoms with Gasteiger partial charge >= 0.3 is 27.6 Å². The number of rotatable bonds is 41. The zero-order valence-electron chi connectivity index (χ0n) is 37.3. The smallest absolute Gasteiger partial charge is 0.462 e. The van der Waals surface area contributed by atoms with E-state index in [9.17, 15) is 33.8 Å². The van der Waals surface area contributed by atoms with Gasteiger partial charge in [-0.1, -0.05) is 131 Å². The number of ether oxygens (including phenoxy) is 2. The molecule has 0 amide bonds. The lowest BCUT2D eigenvalue weighted by molar-refractivity contribution is -0.161. The molecule has 4 atom stereocenters. The summed E-state index contributed by atoms with van der Waals surface area (Å²) >= 11 is 0. The molecule has 0 heterocycles. The number of carbonyl (C=O) groups excluding carboxylic acids is 2. The van der Waals surface area contributed by atoms with E-state index < -0.39 is 66.2 Å². The minimum Gasteiger partial charge on any atom is -0.462 e. The molecule has 16 heteroatoms. The second kappa shape index (κ2) is 41.0. The molecule has 0 aliphatic carbocycles. The van der Waals surface area contributed by atoms with Crippen LogP contribution in [0.1, 0.15) is 149 Å². The summed E-state index contributed by atoms with van der Waals surface area (Å²) in [6.07, 6.45) is 43.9. The van der Waals surface area contributed by atoms with Crippen molar-refractivity contribution in [3.05, 3.63) is 85.1 Å². The number of hydrogen-bond donors (Lipinski definition) is 5. The number of unbranched alkanes of at least 4 members (excludes halogenated alkanes) is 8. The summed E-state index contributed by atoms with van der Waals surface area (Å²) in [5.41, 5.74) is 0. The van der Waals surface area contributed by atoms with Crippen molar-refractivity contribution in [3.8, 4) is 0 Å². The van der Waals surface area contributed by atoms with Gasteiger partial charge in [0.2, 0.25) is 0 Å². The maximum atomic E-state index is 12.6. The second-order valence-electron chi connectivity index (χ2n) is 14.8. The number of carbonyl (C=O) groups is 2. The van der Waals surface area contributed by atoms with E-state index in [1.165, 1.54) is 38.5 Å². The van der Waals surface area contributed by atoms with Gasteiger partial charge in [0.05, 0.1) is 25.9 Å². The summed E-state index contributed by atoms with van der Waals surface area (Å²) in [5.74, 6) is -1.18. The van der Waals surface area contributed by atoms with E-state index >= 15 is 0 Å². The molecule has 0 aromatic heterocycles. The molecule has 0 aliphatic heterocycles. The highest BCUT2D eigenvalue weighted by Crippen LogP contribution is 2.43. The minimum atomic E-state index is -4.88. The monoisotopic (exact) mass is 916 g/mol. The minimum absolute atomic E-state index is 0.0369. The van der Waals surface area contributed by atoms with Crippen LogP contribution in [0.3, 0.4) is 0 Å². The summed E-state index contributed by atoms with van der Waals surface area (Å²) in [4.78, 5) is 52.7. The zero-order valence-corrected chi connectivity index (χ0v) is 39.1. The molecule has 0 radical (unpaired) electrons. The molecule has 0 bridgehead atoms. The maximum absolute atomic E-state index is 12.6. The summed E-state index contributed by atoms with van der Waals surface area (Å²) in [6, 6.07) is 0. The Morgan fingerprint density at radius 1 is 0.500 bits per heavy atom. The summed E-state index contributed by atoms with van der Waals surface area (Å²) < 4.78 is 47.6. The van der Waals surface area contributed by atoms with Gasteiger partial charge in [0, 0.05) is 12.8 Å². The van der Waals surface area contributed by atoms with Crippen molar-refractivity contribution in [3.63, 3.8) is 0 Å². The van der Waals surface area contributed by atoms with Crippen LogP contribution in [0.5, 0.6) is 0 Å². The van der Waals surface area contributed by atoms with Gasteiger partial charge in [-0.25, -0.2) is 9.13 Å². The molecule has 356 valence electrons. The van der Waals surface area contributed by atoms with Crippen LogP contribution >= 0.6 is 15.6 Å². The molecule has 0 saturated carbocycles. The third-order valence-electron chi connectivity index (χ3n) is 8.91. The Hall–Kier alpha value is -2.74. The Kier molecular flexibility index (Phi) is 39.2. The van der Waals surface area contributed by atoms with Gasteiger partial charge in [-0.3, -0.25) is 23.2 Å². The highest BCUT2D eigenvalue weighted by atomic mass is 31.2. The van der Waals surface area contributed by atoms with Crippen molar-refractivity contribution >= 4 is 27.6 Å². The van der Waals surface area contributed by atoms with Crippen molar-refractivity contribution in [2.75, 3.05) is 26.4 Å². The average Bonchev–Trinajstić information content (AvgIpc) is 3.23. The normalized spacial score (nSPS) is 15.3. The number of aliphatic hydroxyl groups is 2. The van der Waals surface area contributed by atoms with Gasteiger partial charge in [0.25, 0.3) is 0 Å². The first-order valence-corrected chi connectivity index (χ1v) is 25.4. The predicted octanol–water partition coefficient (Wildman–Crippen LogP) is 10.5. The molecule has 5 N–H and O–H groups in total. The largest absolute Gasteiger partial charge is 0.472 e. The molecule has 0 saturated heterocycles. The molecular formula is C46H78O14P2. The van der Waals surface area contributed by atoms with Crippen LogP contribution in [0.25, 0.3) is 0 Å². The molecular weight excluding hydrogens is 838 g/mol.